The number of aryl methyl sites for hydroxylation is 2. The SMILES string of the molecule is Cc1nc(CNC(C)CC(C)C)oc1C. The van der Waals surface area contributed by atoms with E-state index in [4.69, 9.17) is 4.42 Å². The largest absolute Gasteiger partial charge is 0.444 e. The van der Waals surface area contributed by atoms with Gasteiger partial charge in [0.15, 0.2) is 0 Å². The molecule has 0 aliphatic rings. The van der Waals surface area contributed by atoms with Gasteiger partial charge >= 0.3 is 0 Å². The Morgan fingerprint density at radius 1 is 1.27 bits per heavy atom. The molecule has 1 atom stereocenters. The number of aromatic nitrogens is 1. The zero-order valence-corrected chi connectivity index (χ0v) is 10.4. The molecule has 1 unspecified atom stereocenters. The Morgan fingerprint density at radius 2 is 1.93 bits per heavy atom. The van der Waals surface area contributed by atoms with Crippen molar-refractivity contribution in [3.8, 4) is 0 Å². The predicted molar refractivity (Wildman–Crippen MR) is 61.7 cm³/mol. The molecule has 0 aliphatic heterocycles. The summed E-state index contributed by atoms with van der Waals surface area (Å²) in [6.45, 7) is 11.3. The Kier molecular flexibility index (Phi) is 4.33. The van der Waals surface area contributed by atoms with E-state index in [2.05, 4.69) is 31.1 Å². The lowest BCUT2D eigenvalue weighted by Gasteiger charge is -2.14. The number of hydrogen-bond acceptors (Lipinski definition) is 3. The highest BCUT2D eigenvalue weighted by molar-refractivity contribution is 5.05. The molecule has 0 saturated carbocycles. The maximum Gasteiger partial charge on any atom is 0.208 e. The zero-order chi connectivity index (χ0) is 11.4. The first-order valence-electron chi connectivity index (χ1n) is 5.65. The number of nitrogens with zero attached hydrogens (tertiary/aromatic N) is 1. The first-order valence-corrected chi connectivity index (χ1v) is 5.65. The Balaban J connectivity index is 2.36. The zero-order valence-electron chi connectivity index (χ0n) is 10.4. The quantitative estimate of drug-likeness (QED) is 0.812. The van der Waals surface area contributed by atoms with Crippen molar-refractivity contribution in [2.75, 3.05) is 0 Å². The third-order valence-electron chi connectivity index (χ3n) is 2.50. The average molecular weight is 210 g/mol. The summed E-state index contributed by atoms with van der Waals surface area (Å²) in [5, 5.41) is 3.41. The molecule has 0 saturated heterocycles. The molecule has 3 heteroatoms. The number of nitrogens with one attached hydrogen (secondary N) is 1. The fourth-order valence-electron chi connectivity index (χ4n) is 1.67. The molecule has 86 valence electrons. The van der Waals surface area contributed by atoms with Gasteiger partial charge in [0, 0.05) is 6.04 Å². The van der Waals surface area contributed by atoms with Gasteiger partial charge in [0.05, 0.1) is 12.2 Å². The number of oxazole rings is 1. The number of rotatable bonds is 5. The first-order chi connectivity index (χ1) is 6.99. The van der Waals surface area contributed by atoms with Crippen LogP contribution in [0.2, 0.25) is 0 Å². The molecule has 1 aromatic rings. The molecular formula is C12H22N2O. The Morgan fingerprint density at radius 3 is 2.40 bits per heavy atom. The monoisotopic (exact) mass is 210 g/mol. The van der Waals surface area contributed by atoms with Gasteiger partial charge in [-0.05, 0) is 33.1 Å². The lowest BCUT2D eigenvalue weighted by Crippen LogP contribution is -2.26. The van der Waals surface area contributed by atoms with Gasteiger partial charge in [0.2, 0.25) is 5.89 Å². The van der Waals surface area contributed by atoms with Crippen LogP contribution in [0.5, 0.6) is 0 Å². The first kappa shape index (κ1) is 12.2. The van der Waals surface area contributed by atoms with Crippen LogP contribution in [0.4, 0.5) is 0 Å². The van der Waals surface area contributed by atoms with Crippen LogP contribution in [0.3, 0.4) is 0 Å². The molecule has 0 aromatic carbocycles. The van der Waals surface area contributed by atoms with Crippen LogP contribution in [-0.4, -0.2) is 11.0 Å². The van der Waals surface area contributed by atoms with Crippen molar-refractivity contribution < 1.29 is 4.42 Å². The van der Waals surface area contributed by atoms with E-state index in [1.165, 1.54) is 6.42 Å². The van der Waals surface area contributed by atoms with Gasteiger partial charge in [-0.2, -0.15) is 0 Å². The van der Waals surface area contributed by atoms with Crippen LogP contribution >= 0.6 is 0 Å². The molecule has 3 nitrogen and oxygen atoms in total. The minimum Gasteiger partial charge on any atom is -0.444 e. The lowest BCUT2D eigenvalue weighted by atomic mass is 10.1. The molecule has 0 bridgehead atoms. The van der Waals surface area contributed by atoms with Gasteiger partial charge in [-0.25, -0.2) is 4.98 Å². The van der Waals surface area contributed by atoms with Crippen molar-refractivity contribution >= 4 is 0 Å². The minimum atomic E-state index is 0.512. The van der Waals surface area contributed by atoms with E-state index >= 15 is 0 Å². The van der Waals surface area contributed by atoms with Crippen LogP contribution in [0.25, 0.3) is 0 Å². The van der Waals surface area contributed by atoms with Gasteiger partial charge in [0.1, 0.15) is 5.76 Å². The summed E-state index contributed by atoms with van der Waals surface area (Å²) in [4.78, 5) is 4.33. The van der Waals surface area contributed by atoms with Gasteiger partial charge < -0.3 is 9.73 Å². The van der Waals surface area contributed by atoms with Crippen molar-refractivity contribution in [1.29, 1.82) is 0 Å². The van der Waals surface area contributed by atoms with E-state index < -0.39 is 0 Å². The maximum absolute atomic E-state index is 5.50. The molecule has 1 rings (SSSR count). The second-order valence-corrected chi connectivity index (χ2v) is 4.66. The van der Waals surface area contributed by atoms with E-state index in [-0.39, 0.29) is 0 Å². The highest BCUT2D eigenvalue weighted by Gasteiger charge is 2.08. The summed E-state index contributed by atoms with van der Waals surface area (Å²) in [6.07, 6.45) is 1.18. The van der Waals surface area contributed by atoms with Gasteiger partial charge in [-0.3, -0.25) is 0 Å². The maximum atomic E-state index is 5.50. The van der Waals surface area contributed by atoms with E-state index in [0.29, 0.717) is 6.04 Å². The van der Waals surface area contributed by atoms with Crippen molar-refractivity contribution in [2.24, 2.45) is 5.92 Å². The molecule has 0 spiro atoms. The summed E-state index contributed by atoms with van der Waals surface area (Å²) >= 11 is 0. The Labute approximate surface area is 92.3 Å². The van der Waals surface area contributed by atoms with Crippen molar-refractivity contribution in [1.82, 2.24) is 10.3 Å². The van der Waals surface area contributed by atoms with E-state index in [1.54, 1.807) is 0 Å². The average Bonchev–Trinajstić information content (AvgIpc) is 2.42. The highest BCUT2D eigenvalue weighted by atomic mass is 16.4. The Bertz CT molecular complexity index is 285. The summed E-state index contributed by atoms with van der Waals surface area (Å²) in [5.74, 6) is 2.43. The van der Waals surface area contributed by atoms with Crippen molar-refractivity contribution in [2.45, 2.75) is 53.6 Å². The lowest BCUT2D eigenvalue weighted by molar-refractivity contribution is 0.396. The van der Waals surface area contributed by atoms with Crippen molar-refractivity contribution in [3.05, 3.63) is 17.3 Å². The Hall–Kier alpha value is -0.830. The molecule has 0 radical (unpaired) electrons. The standard InChI is InChI=1S/C12H22N2O/c1-8(2)6-9(3)13-7-12-14-10(4)11(5)15-12/h8-9,13H,6-7H2,1-5H3. The second kappa shape index (κ2) is 5.31. The van der Waals surface area contributed by atoms with Gasteiger partial charge in [-0.15, -0.1) is 0 Å². The second-order valence-electron chi connectivity index (χ2n) is 4.66. The predicted octanol–water partition coefficient (Wildman–Crippen LogP) is 2.82. The molecule has 1 N–H and O–H groups in total. The molecule has 0 amide bonds. The third kappa shape index (κ3) is 4.04. The van der Waals surface area contributed by atoms with E-state index in [1.807, 2.05) is 13.8 Å². The van der Waals surface area contributed by atoms with E-state index in [0.717, 1.165) is 29.8 Å². The highest BCUT2D eigenvalue weighted by Crippen LogP contribution is 2.09. The van der Waals surface area contributed by atoms with Crippen LogP contribution in [0, 0.1) is 19.8 Å². The molecule has 0 fully saturated rings. The summed E-state index contributed by atoms with van der Waals surface area (Å²) in [6, 6.07) is 0.512. The molecule has 15 heavy (non-hydrogen) atoms. The molecule has 0 aliphatic carbocycles. The topological polar surface area (TPSA) is 38.1 Å². The molecule has 1 aromatic heterocycles. The van der Waals surface area contributed by atoms with Crippen LogP contribution < -0.4 is 5.32 Å². The molecule has 1 heterocycles. The van der Waals surface area contributed by atoms with Gasteiger partial charge in [0.25, 0.3) is 0 Å². The summed E-state index contributed by atoms with van der Waals surface area (Å²) in [5.41, 5.74) is 0.989. The fourth-order valence-corrected chi connectivity index (χ4v) is 1.67. The van der Waals surface area contributed by atoms with Crippen LogP contribution in [0.15, 0.2) is 4.42 Å². The van der Waals surface area contributed by atoms with E-state index in [9.17, 15) is 0 Å². The molecular weight excluding hydrogens is 188 g/mol. The summed E-state index contributed by atoms with van der Waals surface area (Å²) < 4.78 is 5.50. The van der Waals surface area contributed by atoms with Crippen LogP contribution in [0.1, 0.15) is 44.5 Å². The minimum absolute atomic E-state index is 0.512. The summed E-state index contributed by atoms with van der Waals surface area (Å²) in [7, 11) is 0. The fraction of sp³-hybridized carbons (Fsp3) is 0.750. The number of hydrogen-bond donors (Lipinski definition) is 1. The smallest absolute Gasteiger partial charge is 0.208 e. The van der Waals surface area contributed by atoms with Crippen molar-refractivity contribution in [3.63, 3.8) is 0 Å². The van der Waals surface area contributed by atoms with Crippen LogP contribution in [-0.2, 0) is 6.54 Å². The van der Waals surface area contributed by atoms with Gasteiger partial charge in [-0.1, -0.05) is 13.8 Å². The normalized spacial score (nSPS) is 13.5. The third-order valence-corrected chi connectivity index (χ3v) is 2.50.